The standard InChI is InChI=1S/C18H22O2/c19-17-9-3-1-2-4-10-18(17)20-16-12-11-14-7-5-6-8-15(14)13-16/h5-8,11-13,17-19H,1-4,9-10H2. The number of benzene rings is 2. The van der Waals surface area contributed by atoms with Crippen LogP contribution in [0.25, 0.3) is 10.8 Å². The largest absolute Gasteiger partial charge is 0.488 e. The Hall–Kier alpha value is -1.54. The highest BCUT2D eigenvalue weighted by Crippen LogP contribution is 2.25. The van der Waals surface area contributed by atoms with E-state index in [1.807, 2.05) is 18.2 Å². The zero-order valence-electron chi connectivity index (χ0n) is 11.8. The van der Waals surface area contributed by atoms with Gasteiger partial charge in [-0.05, 0) is 42.2 Å². The van der Waals surface area contributed by atoms with Crippen LogP contribution in [0.1, 0.15) is 38.5 Å². The maximum Gasteiger partial charge on any atom is 0.124 e. The maximum atomic E-state index is 10.2. The van der Waals surface area contributed by atoms with Crippen LogP contribution in [0.5, 0.6) is 5.75 Å². The molecule has 1 N–H and O–H groups in total. The predicted octanol–water partition coefficient (Wildman–Crippen LogP) is 4.30. The van der Waals surface area contributed by atoms with Crippen molar-refractivity contribution in [2.24, 2.45) is 0 Å². The Labute approximate surface area is 120 Å². The van der Waals surface area contributed by atoms with E-state index in [-0.39, 0.29) is 12.2 Å². The molecule has 2 unspecified atom stereocenters. The highest BCUT2D eigenvalue weighted by molar-refractivity contribution is 5.83. The minimum atomic E-state index is -0.332. The van der Waals surface area contributed by atoms with E-state index in [0.717, 1.165) is 31.4 Å². The quantitative estimate of drug-likeness (QED) is 0.881. The Balaban J connectivity index is 1.76. The molecule has 1 fully saturated rings. The van der Waals surface area contributed by atoms with Gasteiger partial charge < -0.3 is 9.84 Å². The van der Waals surface area contributed by atoms with Crippen molar-refractivity contribution in [2.75, 3.05) is 0 Å². The number of rotatable bonds is 2. The molecule has 1 aliphatic rings. The summed E-state index contributed by atoms with van der Waals surface area (Å²) in [5.41, 5.74) is 0. The monoisotopic (exact) mass is 270 g/mol. The fraction of sp³-hybridized carbons (Fsp3) is 0.444. The Morgan fingerprint density at radius 3 is 2.45 bits per heavy atom. The lowest BCUT2D eigenvalue weighted by Crippen LogP contribution is -2.32. The van der Waals surface area contributed by atoms with Crippen molar-refractivity contribution < 1.29 is 9.84 Å². The van der Waals surface area contributed by atoms with E-state index in [0.29, 0.717) is 0 Å². The van der Waals surface area contributed by atoms with Gasteiger partial charge in [0.1, 0.15) is 11.9 Å². The predicted molar refractivity (Wildman–Crippen MR) is 82.1 cm³/mol. The number of fused-ring (bicyclic) bond motifs is 1. The minimum absolute atomic E-state index is 0.0588. The number of aliphatic hydroxyl groups is 1. The number of hydrogen-bond donors (Lipinski definition) is 1. The van der Waals surface area contributed by atoms with Crippen LogP contribution in [-0.2, 0) is 0 Å². The third-order valence-corrected chi connectivity index (χ3v) is 4.18. The lowest BCUT2D eigenvalue weighted by atomic mass is 9.96. The van der Waals surface area contributed by atoms with Crippen molar-refractivity contribution in [3.63, 3.8) is 0 Å². The molecule has 0 saturated heterocycles. The van der Waals surface area contributed by atoms with E-state index in [4.69, 9.17) is 4.74 Å². The van der Waals surface area contributed by atoms with Gasteiger partial charge in [-0.15, -0.1) is 0 Å². The molecule has 2 heteroatoms. The molecule has 2 aromatic rings. The molecule has 0 bridgehead atoms. The van der Waals surface area contributed by atoms with Crippen LogP contribution in [0.4, 0.5) is 0 Å². The molecule has 0 aromatic heterocycles. The van der Waals surface area contributed by atoms with Crippen LogP contribution in [-0.4, -0.2) is 17.3 Å². The molecule has 2 nitrogen and oxygen atoms in total. The lowest BCUT2D eigenvalue weighted by Gasteiger charge is -2.26. The van der Waals surface area contributed by atoms with Crippen LogP contribution in [0.3, 0.4) is 0 Å². The van der Waals surface area contributed by atoms with Crippen LogP contribution >= 0.6 is 0 Å². The van der Waals surface area contributed by atoms with Crippen molar-refractivity contribution in [3.8, 4) is 5.75 Å². The number of aliphatic hydroxyl groups excluding tert-OH is 1. The molecule has 0 amide bonds. The molecule has 1 aliphatic carbocycles. The van der Waals surface area contributed by atoms with E-state index in [9.17, 15) is 5.11 Å². The summed E-state index contributed by atoms with van der Waals surface area (Å²) in [5.74, 6) is 0.869. The van der Waals surface area contributed by atoms with E-state index in [1.165, 1.54) is 23.6 Å². The topological polar surface area (TPSA) is 29.5 Å². The molecule has 3 rings (SSSR count). The van der Waals surface area contributed by atoms with Crippen molar-refractivity contribution in [1.82, 2.24) is 0 Å². The average molecular weight is 270 g/mol. The smallest absolute Gasteiger partial charge is 0.124 e. The number of hydrogen-bond acceptors (Lipinski definition) is 2. The van der Waals surface area contributed by atoms with Gasteiger partial charge in [-0.2, -0.15) is 0 Å². The van der Waals surface area contributed by atoms with E-state index < -0.39 is 0 Å². The summed E-state index contributed by atoms with van der Waals surface area (Å²) in [6.07, 6.45) is 6.17. The zero-order chi connectivity index (χ0) is 13.8. The first-order valence-corrected chi connectivity index (χ1v) is 7.66. The van der Waals surface area contributed by atoms with E-state index >= 15 is 0 Å². The first-order valence-electron chi connectivity index (χ1n) is 7.66. The SMILES string of the molecule is OC1CCCCCCC1Oc1ccc2ccccc2c1. The van der Waals surface area contributed by atoms with Gasteiger partial charge in [0.25, 0.3) is 0 Å². The van der Waals surface area contributed by atoms with Crippen LogP contribution in [0.2, 0.25) is 0 Å². The van der Waals surface area contributed by atoms with E-state index in [1.54, 1.807) is 0 Å². The van der Waals surface area contributed by atoms with Gasteiger partial charge in [-0.1, -0.05) is 49.6 Å². The molecular weight excluding hydrogens is 248 g/mol. The van der Waals surface area contributed by atoms with Gasteiger partial charge in [0.15, 0.2) is 0 Å². The van der Waals surface area contributed by atoms with Crippen LogP contribution < -0.4 is 4.74 Å². The molecule has 106 valence electrons. The second kappa shape index (κ2) is 6.27. The first kappa shape index (κ1) is 13.4. The summed E-state index contributed by atoms with van der Waals surface area (Å²) in [6, 6.07) is 14.4. The van der Waals surface area contributed by atoms with Crippen LogP contribution in [0, 0.1) is 0 Å². The second-order valence-corrected chi connectivity index (χ2v) is 5.72. The molecule has 2 aromatic carbocycles. The molecule has 0 radical (unpaired) electrons. The maximum absolute atomic E-state index is 10.2. The second-order valence-electron chi connectivity index (χ2n) is 5.72. The normalized spacial score (nSPS) is 24.1. The van der Waals surface area contributed by atoms with Gasteiger partial charge in [0.2, 0.25) is 0 Å². The Morgan fingerprint density at radius 1 is 0.850 bits per heavy atom. The Morgan fingerprint density at radius 2 is 1.60 bits per heavy atom. The third-order valence-electron chi connectivity index (χ3n) is 4.18. The average Bonchev–Trinajstić information content (AvgIpc) is 2.47. The summed E-state index contributed by atoms with van der Waals surface area (Å²) in [4.78, 5) is 0. The van der Waals surface area contributed by atoms with E-state index in [2.05, 4.69) is 24.3 Å². The minimum Gasteiger partial charge on any atom is -0.488 e. The highest BCUT2D eigenvalue weighted by Gasteiger charge is 2.22. The van der Waals surface area contributed by atoms with Gasteiger partial charge in [0.05, 0.1) is 6.10 Å². The van der Waals surface area contributed by atoms with Crippen molar-refractivity contribution in [2.45, 2.75) is 50.7 Å². The molecule has 2 atom stereocenters. The molecule has 0 aliphatic heterocycles. The Kier molecular flexibility index (Phi) is 4.22. The third kappa shape index (κ3) is 3.13. The zero-order valence-corrected chi connectivity index (χ0v) is 11.8. The summed E-state index contributed by atoms with van der Waals surface area (Å²) in [6.45, 7) is 0. The summed E-state index contributed by atoms with van der Waals surface area (Å²) < 4.78 is 6.06. The molecule has 20 heavy (non-hydrogen) atoms. The highest BCUT2D eigenvalue weighted by atomic mass is 16.5. The summed E-state index contributed by atoms with van der Waals surface area (Å²) >= 11 is 0. The molecular formula is C18H22O2. The van der Waals surface area contributed by atoms with Gasteiger partial charge in [-0.25, -0.2) is 0 Å². The summed E-state index contributed by atoms with van der Waals surface area (Å²) in [7, 11) is 0. The van der Waals surface area contributed by atoms with Gasteiger partial charge >= 0.3 is 0 Å². The summed E-state index contributed by atoms with van der Waals surface area (Å²) in [5, 5.41) is 12.6. The lowest BCUT2D eigenvalue weighted by molar-refractivity contribution is 0.0188. The van der Waals surface area contributed by atoms with Crippen molar-refractivity contribution >= 4 is 10.8 Å². The molecule has 0 spiro atoms. The Bertz CT molecular complexity index is 564. The first-order chi connectivity index (χ1) is 9.83. The fourth-order valence-corrected chi connectivity index (χ4v) is 2.98. The van der Waals surface area contributed by atoms with Crippen molar-refractivity contribution in [3.05, 3.63) is 42.5 Å². The van der Waals surface area contributed by atoms with Gasteiger partial charge in [0, 0.05) is 0 Å². The van der Waals surface area contributed by atoms with Gasteiger partial charge in [-0.3, -0.25) is 0 Å². The van der Waals surface area contributed by atoms with Crippen LogP contribution in [0.15, 0.2) is 42.5 Å². The molecule has 0 heterocycles. The fourth-order valence-electron chi connectivity index (χ4n) is 2.98. The molecule has 1 saturated carbocycles. The van der Waals surface area contributed by atoms with Crippen molar-refractivity contribution in [1.29, 1.82) is 0 Å². The number of ether oxygens (including phenoxy) is 1.